The summed E-state index contributed by atoms with van der Waals surface area (Å²) in [4.78, 5) is 4.12. The van der Waals surface area contributed by atoms with Crippen LogP contribution in [0.3, 0.4) is 0 Å². The predicted octanol–water partition coefficient (Wildman–Crippen LogP) is 4.24. The van der Waals surface area contributed by atoms with Crippen molar-refractivity contribution in [3.05, 3.63) is 0 Å². The van der Waals surface area contributed by atoms with Crippen LogP contribution in [0.1, 0.15) is 55.4 Å². The van der Waals surface area contributed by atoms with Gasteiger partial charge in [0.05, 0.1) is 0 Å². The van der Waals surface area contributed by atoms with E-state index in [9.17, 15) is 0 Å². The maximum absolute atomic E-state index is 4.12. The van der Waals surface area contributed by atoms with E-state index in [1.165, 1.54) is 0 Å². The first kappa shape index (κ1) is 18.9. The molecule has 0 aromatic carbocycles. The van der Waals surface area contributed by atoms with E-state index >= 15 is 0 Å². The molecule has 0 aromatic rings. The molecule has 5 heteroatoms. The molecule has 0 bridgehead atoms. The van der Waals surface area contributed by atoms with Crippen molar-refractivity contribution in [1.82, 2.24) is 4.86 Å². The number of rotatable bonds is 6. The first-order valence-corrected chi connectivity index (χ1v) is 14.8. The number of nitrogens with one attached hydrogen (secondary N) is 1. The molecular formula is C12H29NP2Se2+2. The quantitative estimate of drug-likeness (QED) is 0.513. The van der Waals surface area contributed by atoms with Crippen molar-refractivity contribution in [1.29, 1.82) is 0 Å². The van der Waals surface area contributed by atoms with Crippen molar-refractivity contribution in [3.8, 4) is 0 Å². The van der Waals surface area contributed by atoms with E-state index in [-0.39, 0.29) is 0 Å². The molecule has 0 fully saturated rings. The van der Waals surface area contributed by atoms with Gasteiger partial charge in [0.1, 0.15) is 0 Å². The van der Waals surface area contributed by atoms with Crippen molar-refractivity contribution < 1.29 is 0 Å². The summed E-state index contributed by atoms with van der Waals surface area (Å²) in [6.45, 7) is 18.8. The van der Waals surface area contributed by atoms with Crippen molar-refractivity contribution in [2.75, 3.05) is 0 Å². The summed E-state index contributed by atoms with van der Waals surface area (Å²) in [6.07, 6.45) is -2.40. The summed E-state index contributed by atoms with van der Waals surface area (Å²) >= 11 is 7.13. The third kappa shape index (κ3) is 4.43. The van der Waals surface area contributed by atoms with Gasteiger partial charge in [-0.2, -0.15) is 0 Å². The fourth-order valence-electron chi connectivity index (χ4n) is 1.90. The normalized spacial score (nSPS) is 14.5. The molecule has 0 heterocycles. The van der Waals surface area contributed by atoms with Crippen molar-refractivity contribution in [2.45, 2.75) is 78.0 Å². The SMILES string of the molecule is CC(C)[P+]([Se])(N[P+]([Se])(C(C)C)C(C)C)C(C)C. The van der Waals surface area contributed by atoms with E-state index in [1.54, 1.807) is 0 Å². The van der Waals surface area contributed by atoms with Gasteiger partial charge in [0.25, 0.3) is 0 Å². The molecule has 17 heavy (non-hydrogen) atoms. The predicted molar refractivity (Wildman–Crippen MR) is 89.0 cm³/mol. The van der Waals surface area contributed by atoms with Gasteiger partial charge in [-0.25, -0.2) is 0 Å². The Balaban J connectivity index is 5.22. The second-order valence-corrected chi connectivity index (χ2v) is 21.3. The molecule has 102 valence electrons. The van der Waals surface area contributed by atoms with E-state index in [2.05, 4.69) is 91.4 Å². The Bertz CT molecular complexity index is 203. The third-order valence-corrected chi connectivity index (χ3v) is 25.7. The van der Waals surface area contributed by atoms with E-state index in [4.69, 9.17) is 0 Å². The Morgan fingerprint density at radius 2 is 0.765 bits per heavy atom. The molecule has 0 amide bonds. The minimum absolute atomic E-state index is 0.702. The zero-order valence-electron chi connectivity index (χ0n) is 12.5. The molecule has 0 spiro atoms. The first-order valence-electron chi connectivity index (χ1n) is 6.46. The van der Waals surface area contributed by atoms with Gasteiger partial charge in [-0.15, -0.1) is 0 Å². The average molecular weight is 407 g/mol. The van der Waals surface area contributed by atoms with E-state index < -0.39 is 12.2 Å². The molecule has 0 aromatic heterocycles. The van der Waals surface area contributed by atoms with Gasteiger partial charge in [-0.05, 0) is 0 Å². The van der Waals surface area contributed by atoms with E-state index in [0.29, 0.717) is 22.6 Å². The van der Waals surface area contributed by atoms with Gasteiger partial charge in [0.15, 0.2) is 0 Å². The molecule has 0 atom stereocenters. The van der Waals surface area contributed by atoms with Crippen LogP contribution in [0.4, 0.5) is 0 Å². The molecule has 0 rings (SSSR count). The second-order valence-electron chi connectivity index (χ2n) is 5.89. The average Bonchev–Trinajstić information content (AvgIpc) is 2.15. The van der Waals surface area contributed by atoms with Crippen LogP contribution in [0.25, 0.3) is 0 Å². The van der Waals surface area contributed by atoms with Gasteiger partial charge in [-0.3, -0.25) is 0 Å². The maximum atomic E-state index is 4.12. The molecule has 0 unspecified atom stereocenters. The molecule has 2 radical (unpaired) electrons. The monoisotopic (exact) mass is 409 g/mol. The Labute approximate surface area is 126 Å². The fraction of sp³-hybridized carbons (Fsp3) is 1.00. The van der Waals surface area contributed by atoms with Crippen LogP contribution in [-0.4, -0.2) is 53.8 Å². The van der Waals surface area contributed by atoms with Crippen LogP contribution < -0.4 is 4.86 Å². The molecule has 0 aliphatic carbocycles. The van der Waals surface area contributed by atoms with Gasteiger partial charge in [0.2, 0.25) is 0 Å². The standard InChI is InChI=1S/C12H29NP2Se2/c1-9(2)14(16,10(3)4)13-15(17,11(5)6)12(7)8/h9-13H,1-8H3/q+2. The van der Waals surface area contributed by atoms with Crippen LogP contribution >= 0.6 is 12.2 Å². The Kier molecular flexibility index (Phi) is 7.81. The third-order valence-electron chi connectivity index (χ3n) is 3.38. The summed E-state index contributed by atoms with van der Waals surface area (Å²) in [5, 5.41) is 0. The fourth-order valence-corrected chi connectivity index (χ4v) is 17.4. The molecule has 1 N–H and O–H groups in total. The first-order chi connectivity index (χ1) is 7.48. The molecular weight excluding hydrogens is 378 g/mol. The van der Waals surface area contributed by atoms with Gasteiger partial charge < -0.3 is 0 Å². The number of hydrogen-bond acceptors (Lipinski definition) is 1. The summed E-state index contributed by atoms with van der Waals surface area (Å²) in [6, 6.07) is 0. The van der Waals surface area contributed by atoms with Gasteiger partial charge >= 0.3 is 126 Å². The van der Waals surface area contributed by atoms with E-state index in [1.807, 2.05) is 0 Å². The van der Waals surface area contributed by atoms with Crippen LogP contribution in [0.5, 0.6) is 0 Å². The molecule has 0 saturated carbocycles. The number of hydrogen-bond donors (Lipinski definition) is 1. The Hall–Kier alpha value is 1.86. The summed E-state index contributed by atoms with van der Waals surface area (Å²) in [7, 11) is 0. The Morgan fingerprint density at radius 3 is 0.882 bits per heavy atom. The molecule has 0 aliphatic rings. The van der Waals surface area contributed by atoms with Crippen LogP contribution in [0.15, 0.2) is 0 Å². The van der Waals surface area contributed by atoms with Crippen molar-refractivity contribution in [3.63, 3.8) is 0 Å². The van der Waals surface area contributed by atoms with Crippen LogP contribution in [0, 0.1) is 0 Å². The van der Waals surface area contributed by atoms with Gasteiger partial charge in [0, 0.05) is 0 Å². The topological polar surface area (TPSA) is 12.0 Å². The van der Waals surface area contributed by atoms with Crippen LogP contribution in [0.2, 0.25) is 0 Å². The van der Waals surface area contributed by atoms with Gasteiger partial charge in [-0.1, -0.05) is 0 Å². The molecule has 0 saturated heterocycles. The Morgan fingerprint density at radius 1 is 0.588 bits per heavy atom. The summed E-state index contributed by atoms with van der Waals surface area (Å²) < 4.78 is 0. The zero-order chi connectivity index (χ0) is 14.0. The summed E-state index contributed by atoms with van der Waals surface area (Å²) in [5.74, 6) is 0. The zero-order valence-corrected chi connectivity index (χ0v) is 17.7. The minimum atomic E-state index is -1.20. The summed E-state index contributed by atoms with van der Waals surface area (Å²) in [5.41, 5.74) is 2.81. The van der Waals surface area contributed by atoms with Crippen molar-refractivity contribution in [2.24, 2.45) is 0 Å². The molecule has 0 aliphatic heterocycles. The second kappa shape index (κ2) is 7.04. The van der Waals surface area contributed by atoms with E-state index in [0.717, 1.165) is 0 Å². The van der Waals surface area contributed by atoms with Crippen LogP contribution in [-0.2, 0) is 0 Å². The van der Waals surface area contributed by atoms with Crippen molar-refractivity contribution >= 4 is 43.3 Å². The molecule has 1 nitrogen and oxygen atoms in total.